The third kappa shape index (κ3) is 6.92. The predicted octanol–water partition coefficient (Wildman–Crippen LogP) is 3.67. The summed E-state index contributed by atoms with van der Waals surface area (Å²) in [6.07, 6.45) is 0.294. The molecule has 5 rings (SSSR count). The van der Waals surface area contributed by atoms with E-state index in [2.05, 4.69) is 14.8 Å². The lowest BCUT2D eigenvalue weighted by atomic mass is 10.1. The Hall–Kier alpha value is -5.20. The average Bonchev–Trinajstić information content (AvgIpc) is 2.99. The van der Waals surface area contributed by atoms with Crippen LogP contribution in [0.3, 0.4) is 0 Å². The number of carbonyl (C=O) groups is 3. The zero-order valence-electron chi connectivity index (χ0n) is 22.0. The molecule has 0 radical (unpaired) electrons. The summed E-state index contributed by atoms with van der Waals surface area (Å²) in [6.45, 7) is 3.39. The maximum absolute atomic E-state index is 13.5. The van der Waals surface area contributed by atoms with Crippen molar-refractivity contribution in [1.29, 1.82) is 0 Å². The second kappa shape index (κ2) is 12.5. The van der Waals surface area contributed by atoms with Crippen LogP contribution < -0.4 is 15.2 Å². The van der Waals surface area contributed by atoms with E-state index in [0.717, 1.165) is 24.3 Å². The van der Waals surface area contributed by atoms with Gasteiger partial charge in [-0.3, -0.25) is 14.6 Å². The van der Waals surface area contributed by atoms with Crippen molar-refractivity contribution in [2.75, 3.05) is 36.0 Å². The minimum absolute atomic E-state index is 0.0462. The summed E-state index contributed by atoms with van der Waals surface area (Å²) in [5.74, 6) is -5.28. The third-order valence-electron chi connectivity index (χ3n) is 6.61. The number of pyridine rings is 2. The van der Waals surface area contributed by atoms with Gasteiger partial charge >= 0.3 is 18.1 Å². The van der Waals surface area contributed by atoms with Crippen molar-refractivity contribution in [3.63, 3.8) is 0 Å². The summed E-state index contributed by atoms with van der Waals surface area (Å²) in [7, 11) is 0. The number of nitrogens with zero attached hydrogens (tertiary/aromatic N) is 4. The van der Waals surface area contributed by atoms with Gasteiger partial charge in [0, 0.05) is 68.0 Å². The number of anilines is 2. The maximum atomic E-state index is 13.5. The van der Waals surface area contributed by atoms with Gasteiger partial charge in [0.05, 0.1) is 5.52 Å². The number of ketones is 1. The molecular weight excluding hydrogens is 557 g/mol. The van der Waals surface area contributed by atoms with Gasteiger partial charge in [0.25, 0.3) is 5.78 Å². The molecule has 4 aromatic rings. The molecule has 0 bridgehead atoms. The zero-order valence-corrected chi connectivity index (χ0v) is 22.0. The number of carbonyl (C=O) groups excluding carboxylic acids is 1. The van der Waals surface area contributed by atoms with Crippen LogP contribution in [0.1, 0.15) is 15.9 Å². The molecule has 1 fully saturated rings. The van der Waals surface area contributed by atoms with Crippen molar-refractivity contribution >= 4 is 40.0 Å². The van der Waals surface area contributed by atoms with Gasteiger partial charge in [0.2, 0.25) is 5.43 Å². The summed E-state index contributed by atoms with van der Waals surface area (Å²) in [6, 6.07) is 18.2. The van der Waals surface area contributed by atoms with E-state index in [1.807, 2.05) is 53.2 Å². The first-order valence-electron chi connectivity index (χ1n) is 12.6. The van der Waals surface area contributed by atoms with Crippen molar-refractivity contribution in [3.05, 3.63) is 101 Å². The molecule has 0 saturated carbocycles. The third-order valence-corrected chi connectivity index (χ3v) is 6.61. The molecule has 0 atom stereocenters. The molecule has 1 aliphatic heterocycles. The van der Waals surface area contributed by atoms with Crippen molar-refractivity contribution in [1.82, 2.24) is 9.55 Å². The number of halogens is 3. The number of piperazine rings is 1. The summed E-state index contributed by atoms with van der Waals surface area (Å²) in [5.41, 5.74) is 3.18. The number of aromatic nitrogens is 2. The Labute approximate surface area is 236 Å². The molecule has 0 unspecified atom stereocenters. The SMILES string of the molecule is O=C(O)C(=O)c1ccc2c(=O)c(N3CCN(c4ccncc4)CC3)cn(Cc3ccccc3)c2c1.O=C(O)C(F)(F)F. The molecule has 3 heterocycles. The lowest BCUT2D eigenvalue weighted by Crippen LogP contribution is -2.48. The highest BCUT2D eigenvalue weighted by Gasteiger charge is 2.38. The van der Waals surface area contributed by atoms with Crippen molar-refractivity contribution in [2.45, 2.75) is 12.7 Å². The smallest absolute Gasteiger partial charge is 0.475 e. The lowest BCUT2D eigenvalue weighted by Gasteiger charge is -2.37. The Bertz CT molecular complexity index is 1650. The van der Waals surface area contributed by atoms with Crippen LogP contribution in [0.5, 0.6) is 0 Å². The van der Waals surface area contributed by atoms with Crippen molar-refractivity contribution in [2.24, 2.45) is 0 Å². The number of rotatable bonds is 6. The number of carboxylic acids is 2. The Morgan fingerprint density at radius 2 is 1.45 bits per heavy atom. The number of fused-ring (bicyclic) bond motifs is 1. The lowest BCUT2D eigenvalue weighted by molar-refractivity contribution is -0.192. The number of benzene rings is 2. The Balaban J connectivity index is 0.000000517. The van der Waals surface area contributed by atoms with Crippen LogP contribution in [-0.4, -0.2) is 69.8 Å². The van der Waals surface area contributed by atoms with E-state index in [0.29, 0.717) is 36.2 Å². The average molecular weight is 583 g/mol. The minimum Gasteiger partial charge on any atom is -0.475 e. The number of carboxylic acid groups (broad SMARTS) is 2. The fourth-order valence-electron chi connectivity index (χ4n) is 4.54. The molecule has 1 aliphatic rings. The van der Waals surface area contributed by atoms with E-state index in [1.165, 1.54) is 12.1 Å². The van der Waals surface area contributed by atoms with E-state index < -0.39 is 23.9 Å². The van der Waals surface area contributed by atoms with E-state index in [1.54, 1.807) is 18.5 Å². The monoisotopic (exact) mass is 582 g/mol. The van der Waals surface area contributed by atoms with Gasteiger partial charge in [0.1, 0.15) is 5.69 Å². The second-order valence-corrected chi connectivity index (χ2v) is 9.31. The van der Waals surface area contributed by atoms with Gasteiger partial charge in [0.15, 0.2) is 0 Å². The summed E-state index contributed by atoms with van der Waals surface area (Å²) in [4.78, 5) is 54.2. The highest BCUT2D eigenvalue weighted by molar-refractivity contribution is 6.40. The van der Waals surface area contributed by atoms with Crippen LogP contribution in [0.4, 0.5) is 24.5 Å². The minimum atomic E-state index is -5.08. The van der Waals surface area contributed by atoms with Crippen molar-refractivity contribution in [3.8, 4) is 0 Å². The van der Waals surface area contributed by atoms with Crippen LogP contribution >= 0.6 is 0 Å². The van der Waals surface area contributed by atoms with Crippen LogP contribution in [-0.2, 0) is 16.1 Å². The molecule has 42 heavy (non-hydrogen) atoms. The number of Topliss-reactive ketones (excluding diaryl/α,β-unsaturated/α-hetero) is 1. The van der Waals surface area contributed by atoms with Gasteiger partial charge < -0.3 is 24.6 Å². The Kier molecular flexibility index (Phi) is 8.89. The first kappa shape index (κ1) is 29.8. The highest BCUT2D eigenvalue weighted by Crippen LogP contribution is 2.23. The molecule has 1 saturated heterocycles. The van der Waals surface area contributed by atoms with Gasteiger partial charge in [-0.1, -0.05) is 30.3 Å². The number of hydrogen-bond donors (Lipinski definition) is 2. The van der Waals surface area contributed by atoms with Gasteiger partial charge in [-0.15, -0.1) is 0 Å². The number of alkyl halides is 3. The maximum Gasteiger partial charge on any atom is 0.490 e. The van der Waals surface area contributed by atoms with Crippen LogP contribution in [0.25, 0.3) is 10.9 Å². The van der Waals surface area contributed by atoms with Gasteiger partial charge in [-0.2, -0.15) is 13.2 Å². The Morgan fingerprint density at radius 1 is 0.857 bits per heavy atom. The van der Waals surface area contributed by atoms with E-state index >= 15 is 0 Å². The highest BCUT2D eigenvalue weighted by atomic mass is 19.4. The van der Waals surface area contributed by atoms with E-state index in [9.17, 15) is 27.6 Å². The first-order valence-corrected chi connectivity index (χ1v) is 12.6. The molecule has 2 aromatic carbocycles. The zero-order chi connectivity index (χ0) is 30.4. The first-order chi connectivity index (χ1) is 20.0. The Morgan fingerprint density at radius 3 is 2.02 bits per heavy atom. The molecule has 0 aliphatic carbocycles. The standard InChI is InChI=1S/C27H24N4O4.C2HF3O2/c32-25(27(34)35)20-6-7-22-23(16-20)31(17-19-4-2-1-3-5-19)18-24(26(22)33)30-14-12-29(13-15-30)21-8-10-28-11-9-21;3-2(4,5)1(6)7/h1-11,16,18H,12-15,17H2,(H,34,35);(H,6,7). The number of aliphatic carboxylic acids is 2. The van der Waals surface area contributed by atoms with E-state index in [-0.39, 0.29) is 11.0 Å². The van der Waals surface area contributed by atoms with Gasteiger partial charge in [-0.25, -0.2) is 9.59 Å². The van der Waals surface area contributed by atoms with Gasteiger partial charge in [-0.05, 0) is 35.9 Å². The molecule has 0 spiro atoms. The van der Waals surface area contributed by atoms with E-state index in [4.69, 9.17) is 15.0 Å². The summed E-state index contributed by atoms with van der Waals surface area (Å²) >= 11 is 0. The van der Waals surface area contributed by atoms with Crippen LogP contribution in [0, 0.1) is 0 Å². The molecule has 13 heteroatoms. The van der Waals surface area contributed by atoms with Crippen molar-refractivity contribution < 1.29 is 37.8 Å². The molecule has 2 N–H and O–H groups in total. The van der Waals surface area contributed by atoms with Crippen LogP contribution in [0.15, 0.2) is 84.0 Å². The predicted molar refractivity (Wildman–Crippen MR) is 148 cm³/mol. The molecule has 218 valence electrons. The fourth-order valence-corrected chi connectivity index (χ4v) is 4.54. The molecule has 2 aromatic heterocycles. The fraction of sp³-hybridized carbons (Fsp3) is 0.207. The normalized spacial score (nSPS) is 13.3. The topological polar surface area (TPSA) is 133 Å². The molecule has 0 amide bonds. The van der Waals surface area contributed by atoms with Crippen LogP contribution in [0.2, 0.25) is 0 Å². The number of hydrogen-bond acceptors (Lipinski definition) is 7. The quantitative estimate of drug-likeness (QED) is 0.258. The second-order valence-electron chi connectivity index (χ2n) is 9.31. The molecular formula is C29H25F3N4O6. The molecule has 10 nitrogen and oxygen atoms in total. The largest absolute Gasteiger partial charge is 0.490 e. The summed E-state index contributed by atoms with van der Waals surface area (Å²) < 4.78 is 33.7. The summed E-state index contributed by atoms with van der Waals surface area (Å²) in [5, 5.41) is 16.7.